The summed E-state index contributed by atoms with van der Waals surface area (Å²) in [6.45, 7) is 7.37. The first-order valence-corrected chi connectivity index (χ1v) is 11.6. The van der Waals surface area contributed by atoms with E-state index in [0.29, 0.717) is 13.1 Å². The molecule has 7 heteroatoms. The van der Waals surface area contributed by atoms with E-state index in [-0.39, 0.29) is 24.2 Å². The Morgan fingerprint density at radius 1 is 1.16 bits per heavy atom. The highest BCUT2D eigenvalue weighted by Gasteiger charge is 2.27. The molecule has 2 aromatic rings. The summed E-state index contributed by atoms with van der Waals surface area (Å²) in [6, 6.07) is 12.2. The molecule has 1 atom stereocenters. The lowest BCUT2D eigenvalue weighted by Gasteiger charge is -2.32. The van der Waals surface area contributed by atoms with Crippen molar-refractivity contribution < 1.29 is 9.59 Å². The summed E-state index contributed by atoms with van der Waals surface area (Å²) < 4.78 is 0. The first kappa shape index (κ1) is 22.1. The van der Waals surface area contributed by atoms with E-state index >= 15 is 0 Å². The number of hydrogen-bond donors (Lipinski definition) is 3. The van der Waals surface area contributed by atoms with Crippen LogP contribution in [0.5, 0.6) is 0 Å². The topological polar surface area (TPSA) is 86.4 Å². The molecule has 1 unspecified atom stereocenters. The molecular formula is C25H33N5O2. The van der Waals surface area contributed by atoms with Gasteiger partial charge in [0, 0.05) is 38.3 Å². The number of benzene rings is 1. The average Bonchev–Trinajstić information content (AvgIpc) is 3.26. The molecule has 0 bridgehead atoms. The van der Waals surface area contributed by atoms with E-state index in [1.54, 1.807) is 0 Å². The molecule has 2 aliphatic heterocycles. The number of aryl methyl sites for hydroxylation is 1. The number of carbonyl (C=O) groups is 2. The summed E-state index contributed by atoms with van der Waals surface area (Å²) >= 11 is 0. The smallest absolute Gasteiger partial charge is 0.225 e. The van der Waals surface area contributed by atoms with Crippen LogP contribution in [-0.2, 0) is 16.1 Å². The van der Waals surface area contributed by atoms with Crippen LogP contribution in [0.1, 0.15) is 43.9 Å². The lowest BCUT2D eigenvalue weighted by molar-refractivity contribution is -0.126. The fraction of sp³-hybridized carbons (Fsp3) is 0.480. The van der Waals surface area contributed by atoms with Crippen LogP contribution in [0.4, 0.5) is 17.2 Å². The van der Waals surface area contributed by atoms with Gasteiger partial charge in [-0.3, -0.25) is 9.59 Å². The second-order valence-corrected chi connectivity index (χ2v) is 8.89. The zero-order valence-corrected chi connectivity index (χ0v) is 19.0. The summed E-state index contributed by atoms with van der Waals surface area (Å²) in [4.78, 5) is 30.7. The third-order valence-electron chi connectivity index (χ3n) is 6.63. The minimum atomic E-state index is -0.264. The monoisotopic (exact) mass is 435 g/mol. The molecule has 1 aromatic carbocycles. The van der Waals surface area contributed by atoms with Gasteiger partial charge in [0.25, 0.3) is 0 Å². The summed E-state index contributed by atoms with van der Waals surface area (Å²) in [5, 5.41) is 9.06. The maximum Gasteiger partial charge on any atom is 0.225 e. The van der Waals surface area contributed by atoms with E-state index in [1.807, 2.05) is 31.2 Å². The Labute approximate surface area is 190 Å². The van der Waals surface area contributed by atoms with Crippen LogP contribution in [-0.4, -0.2) is 36.4 Å². The van der Waals surface area contributed by atoms with Gasteiger partial charge in [-0.1, -0.05) is 25.5 Å². The highest BCUT2D eigenvalue weighted by atomic mass is 16.2. The largest absolute Gasteiger partial charge is 0.357 e. The van der Waals surface area contributed by atoms with Crippen molar-refractivity contribution in [1.29, 1.82) is 0 Å². The van der Waals surface area contributed by atoms with Crippen molar-refractivity contribution in [2.45, 2.75) is 46.1 Å². The maximum absolute atomic E-state index is 12.2. The molecule has 32 heavy (non-hydrogen) atoms. The number of anilines is 3. The van der Waals surface area contributed by atoms with Crippen LogP contribution in [0.2, 0.25) is 0 Å². The molecule has 2 amide bonds. The lowest BCUT2D eigenvalue weighted by Crippen LogP contribution is -2.34. The molecule has 2 saturated heterocycles. The van der Waals surface area contributed by atoms with Crippen LogP contribution >= 0.6 is 0 Å². The number of hydrogen-bond acceptors (Lipinski definition) is 5. The summed E-state index contributed by atoms with van der Waals surface area (Å²) in [5.41, 5.74) is 3.97. The van der Waals surface area contributed by atoms with Crippen molar-refractivity contribution in [3.63, 3.8) is 0 Å². The van der Waals surface area contributed by atoms with E-state index in [2.05, 4.69) is 39.9 Å². The normalized spacial score (nSPS) is 19.0. The molecule has 0 radical (unpaired) electrons. The number of rotatable bonds is 7. The number of nitrogens with one attached hydrogen (secondary N) is 3. The number of amides is 2. The lowest BCUT2D eigenvalue weighted by atomic mass is 9.94. The minimum Gasteiger partial charge on any atom is -0.357 e. The highest BCUT2D eigenvalue weighted by molar-refractivity contribution is 5.89. The van der Waals surface area contributed by atoms with Crippen molar-refractivity contribution in [3.05, 3.63) is 47.7 Å². The second-order valence-electron chi connectivity index (χ2n) is 8.89. The SMILES string of the molecule is CCC1CCN(c2ccc(Nc3ccc(CNC(=O)C4CNC(=O)C4)cc3)c(C)n2)CC1. The Hall–Kier alpha value is -3.09. The number of carbonyl (C=O) groups excluding carboxylic acids is 2. The Morgan fingerprint density at radius 2 is 1.91 bits per heavy atom. The van der Waals surface area contributed by atoms with Gasteiger partial charge in [-0.05, 0) is 55.5 Å². The van der Waals surface area contributed by atoms with Gasteiger partial charge >= 0.3 is 0 Å². The molecule has 2 aliphatic rings. The van der Waals surface area contributed by atoms with Crippen molar-refractivity contribution in [3.8, 4) is 0 Å². The quantitative estimate of drug-likeness (QED) is 0.620. The molecule has 170 valence electrons. The van der Waals surface area contributed by atoms with Crippen LogP contribution in [0, 0.1) is 18.8 Å². The van der Waals surface area contributed by atoms with Gasteiger partial charge in [0.1, 0.15) is 5.82 Å². The van der Waals surface area contributed by atoms with E-state index in [1.165, 1.54) is 19.3 Å². The Morgan fingerprint density at radius 3 is 2.53 bits per heavy atom. The molecular weight excluding hydrogens is 402 g/mol. The number of piperidine rings is 1. The zero-order chi connectivity index (χ0) is 22.5. The Bertz CT molecular complexity index is 951. The maximum atomic E-state index is 12.2. The van der Waals surface area contributed by atoms with Gasteiger partial charge < -0.3 is 20.9 Å². The van der Waals surface area contributed by atoms with Gasteiger partial charge in [-0.2, -0.15) is 0 Å². The van der Waals surface area contributed by atoms with E-state index < -0.39 is 0 Å². The van der Waals surface area contributed by atoms with Gasteiger partial charge in [-0.25, -0.2) is 4.98 Å². The van der Waals surface area contributed by atoms with Crippen LogP contribution in [0.3, 0.4) is 0 Å². The molecule has 0 spiro atoms. The summed E-state index contributed by atoms with van der Waals surface area (Å²) in [5.74, 6) is 1.52. The molecule has 1 aromatic heterocycles. The highest BCUT2D eigenvalue weighted by Crippen LogP contribution is 2.27. The third-order valence-corrected chi connectivity index (χ3v) is 6.63. The van der Waals surface area contributed by atoms with Crippen molar-refractivity contribution in [1.82, 2.24) is 15.6 Å². The number of aromatic nitrogens is 1. The molecule has 0 aliphatic carbocycles. The Kier molecular flexibility index (Phi) is 6.93. The van der Waals surface area contributed by atoms with E-state index in [0.717, 1.165) is 47.5 Å². The Balaban J connectivity index is 1.30. The van der Waals surface area contributed by atoms with E-state index in [9.17, 15) is 9.59 Å². The van der Waals surface area contributed by atoms with Gasteiger partial charge in [0.15, 0.2) is 0 Å². The van der Waals surface area contributed by atoms with Gasteiger partial charge in [0.05, 0.1) is 17.3 Å². The predicted molar refractivity (Wildman–Crippen MR) is 127 cm³/mol. The first-order chi connectivity index (χ1) is 15.5. The number of pyridine rings is 1. The average molecular weight is 436 g/mol. The van der Waals surface area contributed by atoms with Crippen molar-refractivity contribution >= 4 is 29.0 Å². The van der Waals surface area contributed by atoms with Crippen LogP contribution < -0.4 is 20.9 Å². The third kappa shape index (κ3) is 5.39. The van der Waals surface area contributed by atoms with Crippen LogP contribution in [0.25, 0.3) is 0 Å². The minimum absolute atomic E-state index is 0.0561. The van der Waals surface area contributed by atoms with E-state index in [4.69, 9.17) is 4.98 Å². The fourth-order valence-corrected chi connectivity index (χ4v) is 4.41. The molecule has 7 nitrogen and oxygen atoms in total. The first-order valence-electron chi connectivity index (χ1n) is 11.6. The fourth-order valence-electron chi connectivity index (χ4n) is 4.41. The predicted octanol–water partition coefficient (Wildman–Crippen LogP) is 3.51. The number of nitrogens with zero attached hydrogens (tertiary/aromatic N) is 2. The second kappa shape index (κ2) is 10.0. The summed E-state index contributed by atoms with van der Waals surface area (Å²) in [7, 11) is 0. The standard InChI is InChI=1S/C25H33N5O2/c1-3-18-10-12-30(13-11-18)23-9-8-22(17(2)28-23)29-21-6-4-19(5-7-21)15-27-25(32)20-14-24(31)26-16-20/h4-9,18,20,29H,3,10-16H2,1-2H3,(H,26,31)(H,27,32). The van der Waals surface area contributed by atoms with Crippen molar-refractivity contribution in [2.24, 2.45) is 11.8 Å². The van der Waals surface area contributed by atoms with Gasteiger partial charge in [-0.15, -0.1) is 0 Å². The molecule has 3 heterocycles. The molecule has 4 rings (SSSR count). The zero-order valence-electron chi connectivity index (χ0n) is 19.0. The summed E-state index contributed by atoms with van der Waals surface area (Å²) in [6.07, 6.45) is 4.05. The molecule has 2 fully saturated rings. The molecule has 3 N–H and O–H groups in total. The van der Waals surface area contributed by atoms with Crippen LogP contribution in [0.15, 0.2) is 36.4 Å². The van der Waals surface area contributed by atoms with Crippen molar-refractivity contribution in [2.75, 3.05) is 29.9 Å². The molecule has 0 saturated carbocycles. The van der Waals surface area contributed by atoms with Gasteiger partial charge in [0.2, 0.25) is 11.8 Å².